The average Bonchev–Trinajstić information content (AvgIpc) is 2.65. The van der Waals surface area contributed by atoms with Gasteiger partial charge in [0.25, 0.3) is 12.9 Å². The van der Waals surface area contributed by atoms with Crippen LogP contribution in [0.15, 0.2) is 30.6 Å². The SMILES string of the molecule is CC(C)C[C@](N)(CF)COc1cnc(-c2ccnc(C(F)F)c2)cc1C(F)F. The Balaban J connectivity index is 2.29. The van der Waals surface area contributed by atoms with Gasteiger partial charge in [-0.05, 0) is 30.5 Å². The molecule has 9 heteroatoms. The molecule has 0 bridgehead atoms. The number of nitrogens with zero attached hydrogens (tertiary/aromatic N) is 2. The van der Waals surface area contributed by atoms with Crippen molar-refractivity contribution in [1.29, 1.82) is 0 Å². The van der Waals surface area contributed by atoms with E-state index in [1.165, 1.54) is 6.07 Å². The zero-order valence-electron chi connectivity index (χ0n) is 15.5. The topological polar surface area (TPSA) is 61.0 Å². The fourth-order valence-corrected chi connectivity index (χ4v) is 2.82. The van der Waals surface area contributed by atoms with Crippen molar-refractivity contribution in [2.75, 3.05) is 13.3 Å². The Morgan fingerprint density at radius 3 is 2.39 bits per heavy atom. The number of halogens is 5. The quantitative estimate of drug-likeness (QED) is 0.591. The normalized spacial score (nSPS) is 14.0. The fraction of sp³-hybridized carbons (Fsp3) is 0.474. The van der Waals surface area contributed by atoms with E-state index in [0.717, 1.165) is 24.5 Å². The largest absolute Gasteiger partial charge is 0.489 e. The lowest BCUT2D eigenvalue weighted by atomic mass is 9.92. The minimum atomic E-state index is -2.91. The van der Waals surface area contributed by atoms with E-state index < -0.39 is 36.3 Å². The highest BCUT2D eigenvalue weighted by Gasteiger charge is 2.28. The molecule has 0 fully saturated rings. The van der Waals surface area contributed by atoms with Gasteiger partial charge in [0.2, 0.25) is 0 Å². The van der Waals surface area contributed by atoms with Crippen LogP contribution >= 0.6 is 0 Å². The van der Waals surface area contributed by atoms with Gasteiger partial charge in [0.05, 0.1) is 23.0 Å². The Hall–Kier alpha value is -2.29. The standard InChI is InChI=1S/C19H22F5N3O/c1-11(2)7-19(25,9-20)10-28-16-8-27-14(6-13(16)17(21)22)12-3-4-26-15(5-12)18(23)24/h3-6,8,11,17-18H,7,9-10,25H2,1-2H3/t19-/m0/s1. The number of hydrogen-bond donors (Lipinski definition) is 1. The Kier molecular flexibility index (Phi) is 7.29. The third kappa shape index (κ3) is 5.60. The van der Waals surface area contributed by atoms with E-state index in [1.54, 1.807) is 0 Å². The summed E-state index contributed by atoms with van der Waals surface area (Å²) in [6.07, 6.45) is -3.17. The van der Waals surface area contributed by atoms with Crippen LogP contribution in [0.4, 0.5) is 22.0 Å². The van der Waals surface area contributed by atoms with Gasteiger partial charge in [-0.25, -0.2) is 22.0 Å². The summed E-state index contributed by atoms with van der Waals surface area (Å²) in [7, 11) is 0. The number of nitrogens with two attached hydrogens (primary N) is 1. The van der Waals surface area contributed by atoms with Gasteiger partial charge in [0.15, 0.2) is 0 Å². The third-order valence-electron chi connectivity index (χ3n) is 4.03. The number of pyridine rings is 2. The lowest BCUT2D eigenvalue weighted by Gasteiger charge is -2.28. The van der Waals surface area contributed by atoms with Gasteiger partial charge in [-0.15, -0.1) is 0 Å². The summed E-state index contributed by atoms with van der Waals surface area (Å²) in [5, 5.41) is 0. The Morgan fingerprint density at radius 2 is 1.82 bits per heavy atom. The molecule has 2 N–H and O–H groups in total. The summed E-state index contributed by atoms with van der Waals surface area (Å²) in [6.45, 7) is 2.56. The molecule has 0 saturated heterocycles. The lowest BCUT2D eigenvalue weighted by molar-refractivity contribution is 0.131. The molecule has 0 saturated carbocycles. The van der Waals surface area contributed by atoms with Crippen molar-refractivity contribution in [3.8, 4) is 17.0 Å². The van der Waals surface area contributed by atoms with Gasteiger partial charge in [-0.1, -0.05) is 13.8 Å². The number of hydrogen-bond acceptors (Lipinski definition) is 4. The molecule has 0 aliphatic carbocycles. The molecule has 4 nitrogen and oxygen atoms in total. The summed E-state index contributed by atoms with van der Waals surface area (Å²) < 4.78 is 71.3. The van der Waals surface area contributed by atoms with Crippen molar-refractivity contribution < 1.29 is 26.7 Å². The van der Waals surface area contributed by atoms with Crippen LogP contribution in [-0.4, -0.2) is 28.8 Å². The molecule has 0 amide bonds. The smallest absolute Gasteiger partial charge is 0.280 e. The van der Waals surface area contributed by atoms with E-state index in [2.05, 4.69) is 9.97 Å². The van der Waals surface area contributed by atoms with Crippen LogP contribution in [0.1, 0.15) is 44.4 Å². The van der Waals surface area contributed by atoms with Crippen LogP contribution < -0.4 is 10.5 Å². The molecule has 0 radical (unpaired) electrons. The maximum atomic E-state index is 13.5. The Labute approximate surface area is 159 Å². The lowest BCUT2D eigenvalue weighted by Crippen LogP contribution is -2.49. The van der Waals surface area contributed by atoms with Crippen LogP contribution in [0.25, 0.3) is 11.3 Å². The number of ether oxygens (including phenoxy) is 1. The fourth-order valence-electron chi connectivity index (χ4n) is 2.82. The molecule has 0 aliphatic rings. The minimum absolute atomic E-state index is 0.0682. The molecule has 0 spiro atoms. The van der Waals surface area contributed by atoms with Gasteiger partial charge >= 0.3 is 0 Å². The zero-order chi connectivity index (χ0) is 20.9. The second-order valence-corrected chi connectivity index (χ2v) is 7.06. The Morgan fingerprint density at radius 1 is 1.11 bits per heavy atom. The summed E-state index contributed by atoms with van der Waals surface area (Å²) >= 11 is 0. The van der Waals surface area contributed by atoms with Crippen molar-refractivity contribution >= 4 is 0 Å². The first kappa shape index (κ1) is 22.0. The van der Waals surface area contributed by atoms with Crippen LogP contribution in [0.3, 0.4) is 0 Å². The summed E-state index contributed by atoms with van der Waals surface area (Å²) in [5.74, 6) is -0.135. The first-order valence-electron chi connectivity index (χ1n) is 8.65. The number of alkyl halides is 5. The van der Waals surface area contributed by atoms with E-state index >= 15 is 0 Å². The van der Waals surface area contributed by atoms with Crippen molar-refractivity contribution in [3.63, 3.8) is 0 Å². The highest BCUT2D eigenvalue weighted by Crippen LogP contribution is 2.33. The van der Waals surface area contributed by atoms with Gasteiger partial charge < -0.3 is 10.5 Å². The number of rotatable bonds is 9. The number of aromatic nitrogens is 2. The molecule has 0 unspecified atom stereocenters. The third-order valence-corrected chi connectivity index (χ3v) is 4.03. The minimum Gasteiger partial charge on any atom is -0.489 e. The first-order chi connectivity index (χ1) is 13.1. The monoisotopic (exact) mass is 403 g/mol. The highest BCUT2D eigenvalue weighted by molar-refractivity contribution is 5.61. The van der Waals surface area contributed by atoms with Crippen LogP contribution in [0, 0.1) is 5.92 Å². The second-order valence-electron chi connectivity index (χ2n) is 7.06. The van der Waals surface area contributed by atoms with Gasteiger partial charge in [0, 0.05) is 11.8 Å². The van der Waals surface area contributed by atoms with Crippen molar-refractivity contribution in [3.05, 3.63) is 41.9 Å². The van der Waals surface area contributed by atoms with Crippen LogP contribution in [0.2, 0.25) is 0 Å². The second kappa shape index (κ2) is 9.27. The summed E-state index contributed by atoms with van der Waals surface area (Å²) in [6, 6.07) is 3.53. The van der Waals surface area contributed by atoms with E-state index in [1.807, 2.05) is 13.8 Å². The molecule has 0 aliphatic heterocycles. The molecule has 2 aromatic rings. The molecular weight excluding hydrogens is 381 g/mol. The van der Waals surface area contributed by atoms with Crippen molar-refractivity contribution in [2.45, 2.75) is 38.7 Å². The summed E-state index contributed by atoms with van der Waals surface area (Å²) in [4.78, 5) is 7.54. The average molecular weight is 403 g/mol. The molecular formula is C19H22F5N3O. The maximum Gasteiger partial charge on any atom is 0.280 e. The van der Waals surface area contributed by atoms with E-state index in [9.17, 15) is 22.0 Å². The predicted molar refractivity (Wildman–Crippen MR) is 95.2 cm³/mol. The Bertz CT molecular complexity index is 788. The zero-order valence-corrected chi connectivity index (χ0v) is 15.5. The maximum absolute atomic E-state index is 13.5. The van der Waals surface area contributed by atoms with Gasteiger partial charge in [-0.3, -0.25) is 9.97 Å². The van der Waals surface area contributed by atoms with E-state index in [4.69, 9.17) is 10.5 Å². The molecule has 154 valence electrons. The molecule has 0 aromatic carbocycles. The molecule has 1 atom stereocenters. The van der Waals surface area contributed by atoms with Gasteiger partial charge in [0.1, 0.15) is 24.7 Å². The van der Waals surface area contributed by atoms with Crippen LogP contribution in [-0.2, 0) is 0 Å². The van der Waals surface area contributed by atoms with E-state index in [-0.39, 0.29) is 29.5 Å². The molecule has 2 rings (SSSR count). The van der Waals surface area contributed by atoms with Crippen molar-refractivity contribution in [2.24, 2.45) is 11.7 Å². The highest BCUT2D eigenvalue weighted by atomic mass is 19.3. The van der Waals surface area contributed by atoms with Crippen molar-refractivity contribution in [1.82, 2.24) is 9.97 Å². The first-order valence-corrected chi connectivity index (χ1v) is 8.65. The molecule has 28 heavy (non-hydrogen) atoms. The van der Waals surface area contributed by atoms with Gasteiger partial charge in [-0.2, -0.15) is 0 Å². The molecule has 2 aromatic heterocycles. The summed E-state index contributed by atoms with van der Waals surface area (Å²) in [5.41, 5.74) is 3.97. The predicted octanol–water partition coefficient (Wildman–Crippen LogP) is 5.11. The van der Waals surface area contributed by atoms with Crippen LogP contribution in [0.5, 0.6) is 5.75 Å². The molecule has 2 heterocycles. The van der Waals surface area contributed by atoms with E-state index in [0.29, 0.717) is 6.42 Å².